The molecule has 1 heterocycles. The number of rotatable bonds is 2. The highest BCUT2D eigenvalue weighted by Crippen LogP contribution is 2.14. The molecule has 1 rings (SSSR count). The Bertz CT molecular complexity index is 255. The van der Waals surface area contributed by atoms with Crippen LogP contribution < -0.4 is 10.6 Å². The van der Waals surface area contributed by atoms with Crippen LogP contribution in [-0.4, -0.2) is 20.0 Å². The lowest BCUT2D eigenvalue weighted by atomic mass is 10.3. The summed E-state index contributed by atoms with van der Waals surface area (Å²) in [5.74, 6) is 0.0920. The maximum absolute atomic E-state index is 11.0. The molecule has 0 aliphatic heterocycles. The molecule has 0 saturated heterocycles. The molecule has 60 valence electrons. The first-order valence-corrected chi connectivity index (χ1v) is 3.27. The van der Waals surface area contributed by atoms with E-state index in [9.17, 15) is 4.79 Å². The quantitative estimate of drug-likeness (QED) is 0.658. The van der Waals surface area contributed by atoms with Crippen LogP contribution in [0.3, 0.4) is 0 Å². The topological polar surface area (TPSA) is 54.3 Å². The molecular formula is C7H10N2O2. The Morgan fingerprint density at radius 1 is 1.55 bits per heavy atom. The van der Waals surface area contributed by atoms with Crippen molar-refractivity contribution in [1.29, 1.82) is 0 Å². The van der Waals surface area contributed by atoms with Crippen LogP contribution in [0.25, 0.3) is 0 Å². The molecule has 0 atom stereocenters. The van der Waals surface area contributed by atoms with E-state index in [1.165, 1.54) is 6.26 Å². The van der Waals surface area contributed by atoms with Crippen molar-refractivity contribution >= 4 is 11.6 Å². The Kier molecular flexibility index (Phi) is 2.15. The molecule has 1 aromatic rings. The van der Waals surface area contributed by atoms with Gasteiger partial charge >= 0.3 is 0 Å². The summed E-state index contributed by atoms with van der Waals surface area (Å²) in [5, 5.41) is 5.31. The van der Waals surface area contributed by atoms with Gasteiger partial charge in [-0.25, -0.2) is 0 Å². The summed E-state index contributed by atoms with van der Waals surface area (Å²) in [4.78, 5) is 11.0. The number of hydrogen-bond donors (Lipinski definition) is 2. The third-order valence-corrected chi connectivity index (χ3v) is 1.37. The van der Waals surface area contributed by atoms with Crippen LogP contribution in [0.15, 0.2) is 16.7 Å². The summed E-state index contributed by atoms with van der Waals surface area (Å²) in [7, 11) is 3.29. The van der Waals surface area contributed by atoms with Crippen molar-refractivity contribution in [3.63, 3.8) is 0 Å². The summed E-state index contributed by atoms with van der Waals surface area (Å²) >= 11 is 0. The third kappa shape index (κ3) is 1.34. The van der Waals surface area contributed by atoms with Gasteiger partial charge in [0.05, 0.1) is 12.0 Å². The summed E-state index contributed by atoms with van der Waals surface area (Å²) in [6.07, 6.45) is 1.47. The van der Waals surface area contributed by atoms with Gasteiger partial charge in [-0.2, -0.15) is 0 Å². The maximum atomic E-state index is 11.0. The molecule has 2 N–H and O–H groups in total. The van der Waals surface area contributed by atoms with E-state index in [1.807, 2.05) is 0 Å². The first kappa shape index (κ1) is 7.65. The number of carbonyl (C=O) groups excluding carboxylic acids is 1. The predicted octanol–water partition coefficient (Wildman–Crippen LogP) is 0.681. The van der Waals surface area contributed by atoms with Crippen LogP contribution in [-0.2, 0) is 0 Å². The fourth-order valence-electron chi connectivity index (χ4n) is 0.796. The van der Waals surface area contributed by atoms with Gasteiger partial charge in [0, 0.05) is 20.2 Å². The van der Waals surface area contributed by atoms with Crippen LogP contribution in [0.1, 0.15) is 10.6 Å². The lowest BCUT2D eigenvalue weighted by Crippen LogP contribution is -2.18. The fraction of sp³-hybridized carbons (Fsp3) is 0.286. The zero-order chi connectivity index (χ0) is 8.27. The summed E-state index contributed by atoms with van der Waals surface area (Å²) in [6, 6.07) is 1.70. The molecule has 0 fully saturated rings. The van der Waals surface area contributed by atoms with E-state index in [0.29, 0.717) is 11.4 Å². The molecule has 0 aliphatic carbocycles. The number of hydrogen-bond acceptors (Lipinski definition) is 3. The highest BCUT2D eigenvalue weighted by molar-refractivity contribution is 5.96. The van der Waals surface area contributed by atoms with Crippen molar-refractivity contribution in [2.75, 3.05) is 19.4 Å². The summed E-state index contributed by atoms with van der Waals surface area (Å²) in [5.41, 5.74) is 0.698. The molecule has 1 amide bonds. The van der Waals surface area contributed by atoms with E-state index in [2.05, 4.69) is 10.6 Å². The van der Waals surface area contributed by atoms with Crippen molar-refractivity contribution in [1.82, 2.24) is 5.32 Å². The normalized spacial score (nSPS) is 9.27. The van der Waals surface area contributed by atoms with Crippen LogP contribution in [0.2, 0.25) is 0 Å². The van der Waals surface area contributed by atoms with Crippen LogP contribution in [0.5, 0.6) is 0 Å². The van der Waals surface area contributed by atoms with Crippen molar-refractivity contribution in [3.05, 3.63) is 18.1 Å². The lowest BCUT2D eigenvalue weighted by Gasteiger charge is -1.98. The van der Waals surface area contributed by atoms with Crippen LogP contribution >= 0.6 is 0 Å². The van der Waals surface area contributed by atoms with E-state index >= 15 is 0 Å². The van der Waals surface area contributed by atoms with Crippen LogP contribution in [0.4, 0.5) is 5.69 Å². The van der Waals surface area contributed by atoms with Gasteiger partial charge in [0.1, 0.15) is 0 Å². The van der Waals surface area contributed by atoms with E-state index in [-0.39, 0.29) is 5.91 Å². The van der Waals surface area contributed by atoms with Gasteiger partial charge in [-0.15, -0.1) is 0 Å². The van der Waals surface area contributed by atoms with E-state index in [1.54, 1.807) is 20.2 Å². The maximum Gasteiger partial charge on any atom is 0.288 e. The summed E-state index contributed by atoms with van der Waals surface area (Å²) < 4.78 is 4.93. The number of anilines is 1. The summed E-state index contributed by atoms with van der Waals surface area (Å²) in [6.45, 7) is 0. The Balaban J connectivity index is 2.92. The second-order valence-electron chi connectivity index (χ2n) is 1.99. The number of furan rings is 1. The van der Waals surface area contributed by atoms with E-state index in [4.69, 9.17) is 4.42 Å². The highest BCUT2D eigenvalue weighted by atomic mass is 16.3. The van der Waals surface area contributed by atoms with Gasteiger partial charge in [-0.1, -0.05) is 0 Å². The molecule has 0 unspecified atom stereocenters. The Hall–Kier alpha value is -1.45. The third-order valence-electron chi connectivity index (χ3n) is 1.37. The van der Waals surface area contributed by atoms with E-state index < -0.39 is 0 Å². The zero-order valence-electron chi connectivity index (χ0n) is 6.47. The molecule has 1 aromatic heterocycles. The minimum Gasteiger partial charge on any atom is -0.457 e. The lowest BCUT2D eigenvalue weighted by molar-refractivity contribution is 0.0937. The van der Waals surface area contributed by atoms with Crippen molar-refractivity contribution in [2.45, 2.75) is 0 Å². The molecule has 0 aliphatic rings. The predicted molar refractivity (Wildman–Crippen MR) is 41.6 cm³/mol. The number of amides is 1. The number of nitrogens with one attached hydrogen (secondary N) is 2. The van der Waals surface area contributed by atoms with E-state index in [0.717, 1.165) is 0 Å². The van der Waals surface area contributed by atoms with Crippen molar-refractivity contribution in [3.8, 4) is 0 Å². The largest absolute Gasteiger partial charge is 0.457 e. The second kappa shape index (κ2) is 3.09. The number of carbonyl (C=O) groups is 1. The zero-order valence-corrected chi connectivity index (χ0v) is 6.47. The average molecular weight is 154 g/mol. The Morgan fingerprint density at radius 3 is 2.82 bits per heavy atom. The van der Waals surface area contributed by atoms with Crippen LogP contribution in [0, 0.1) is 0 Å². The SMILES string of the molecule is CNC(=O)c1occc1NC. The second-order valence-corrected chi connectivity index (χ2v) is 1.99. The molecule has 0 bridgehead atoms. The fourth-order valence-corrected chi connectivity index (χ4v) is 0.796. The van der Waals surface area contributed by atoms with Crippen molar-refractivity contribution < 1.29 is 9.21 Å². The minimum absolute atomic E-state index is 0.223. The Labute approximate surface area is 64.6 Å². The molecule has 0 spiro atoms. The van der Waals surface area contributed by atoms with Gasteiger partial charge < -0.3 is 15.1 Å². The first-order chi connectivity index (χ1) is 5.29. The van der Waals surface area contributed by atoms with Gasteiger partial charge in [0.2, 0.25) is 5.76 Å². The van der Waals surface area contributed by atoms with Gasteiger partial charge in [0.25, 0.3) is 5.91 Å². The van der Waals surface area contributed by atoms with Gasteiger partial charge in [-0.3, -0.25) is 4.79 Å². The molecule has 11 heavy (non-hydrogen) atoms. The smallest absolute Gasteiger partial charge is 0.288 e. The molecule has 0 saturated carbocycles. The van der Waals surface area contributed by atoms with Crippen molar-refractivity contribution in [2.24, 2.45) is 0 Å². The molecule has 0 radical (unpaired) electrons. The molecule has 4 nitrogen and oxygen atoms in total. The molecular weight excluding hydrogens is 144 g/mol. The van der Waals surface area contributed by atoms with Gasteiger partial charge in [0.15, 0.2) is 0 Å². The van der Waals surface area contributed by atoms with Gasteiger partial charge in [-0.05, 0) is 0 Å². The standard InChI is InChI=1S/C7H10N2O2/c1-8-5-3-4-11-6(5)7(10)9-2/h3-4,8H,1-2H3,(H,9,10). The molecule has 4 heteroatoms. The Morgan fingerprint density at radius 2 is 2.27 bits per heavy atom. The average Bonchev–Trinajstić information content (AvgIpc) is 2.50. The minimum atomic E-state index is -0.223. The monoisotopic (exact) mass is 154 g/mol. The molecule has 0 aromatic carbocycles. The first-order valence-electron chi connectivity index (χ1n) is 3.27. The highest BCUT2D eigenvalue weighted by Gasteiger charge is 2.11.